The summed E-state index contributed by atoms with van der Waals surface area (Å²) in [5, 5.41) is 8.13. The fraction of sp³-hybridized carbons (Fsp3) is 0.0455. The van der Waals surface area contributed by atoms with Gasteiger partial charge in [0.2, 0.25) is 5.91 Å². The number of amides is 3. The van der Waals surface area contributed by atoms with Crippen LogP contribution in [0.2, 0.25) is 5.02 Å². The van der Waals surface area contributed by atoms with Gasteiger partial charge in [0, 0.05) is 24.3 Å². The number of carbonyl (C=O) groups excluding carboxylic acids is 3. The number of hydrogen-bond acceptors (Lipinski definition) is 4. The first kappa shape index (κ1) is 20.9. The van der Waals surface area contributed by atoms with Crippen LogP contribution >= 0.6 is 11.6 Å². The lowest BCUT2D eigenvalue weighted by Gasteiger charge is -2.13. The molecule has 1 aromatic heterocycles. The summed E-state index contributed by atoms with van der Waals surface area (Å²) < 4.78 is 5.26. The maximum absolute atomic E-state index is 12.9. The second-order valence-corrected chi connectivity index (χ2v) is 6.63. The van der Waals surface area contributed by atoms with Crippen molar-refractivity contribution >= 4 is 46.8 Å². The number of nitrogens with one attached hydrogen (secondary N) is 3. The zero-order valence-electron chi connectivity index (χ0n) is 15.9. The van der Waals surface area contributed by atoms with Crippen LogP contribution in [0.4, 0.5) is 11.4 Å². The molecule has 3 aromatic rings. The Bertz CT molecular complexity index is 1090. The Labute approximate surface area is 177 Å². The summed E-state index contributed by atoms with van der Waals surface area (Å²) in [6.45, 7) is 1.37. The summed E-state index contributed by atoms with van der Waals surface area (Å²) in [4.78, 5) is 36.7. The number of benzene rings is 2. The maximum atomic E-state index is 12.9. The van der Waals surface area contributed by atoms with Crippen molar-refractivity contribution in [2.75, 3.05) is 10.6 Å². The average molecular weight is 424 g/mol. The Hall–Kier alpha value is -3.84. The first-order valence-electron chi connectivity index (χ1n) is 8.92. The highest BCUT2D eigenvalue weighted by Crippen LogP contribution is 2.26. The molecule has 7 nitrogen and oxygen atoms in total. The van der Waals surface area contributed by atoms with Crippen LogP contribution in [0.15, 0.2) is 77.0 Å². The topological polar surface area (TPSA) is 100 Å². The molecule has 2 aromatic carbocycles. The van der Waals surface area contributed by atoms with E-state index in [1.807, 2.05) is 0 Å². The van der Waals surface area contributed by atoms with Crippen LogP contribution in [-0.4, -0.2) is 17.7 Å². The quantitative estimate of drug-likeness (QED) is 0.514. The highest BCUT2D eigenvalue weighted by atomic mass is 35.5. The van der Waals surface area contributed by atoms with Gasteiger partial charge in [-0.15, -0.1) is 0 Å². The van der Waals surface area contributed by atoms with Gasteiger partial charge in [0.1, 0.15) is 11.5 Å². The van der Waals surface area contributed by atoms with Crippen molar-refractivity contribution in [2.24, 2.45) is 0 Å². The zero-order valence-corrected chi connectivity index (χ0v) is 16.7. The monoisotopic (exact) mass is 423 g/mol. The van der Waals surface area contributed by atoms with Crippen LogP contribution in [0, 0.1) is 0 Å². The number of rotatable bonds is 6. The van der Waals surface area contributed by atoms with Gasteiger partial charge in [0.15, 0.2) is 0 Å². The molecule has 0 aliphatic carbocycles. The Kier molecular flexibility index (Phi) is 6.67. The fourth-order valence-electron chi connectivity index (χ4n) is 2.55. The van der Waals surface area contributed by atoms with Crippen molar-refractivity contribution in [1.29, 1.82) is 0 Å². The second kappa shape index (κ2) is 9.58. The Morgan fingerprint density at radius 1 is 0.967 bits per heavy atom. The van der Waals surface area contributed by atoms with Gasteiger partial charge in [-0.05, 0) is 42.5 Å². The van der Waals surface area contributed by atoms with E-state index in [4.69, 9.17) is 16.0 Å². The van der Waals surface area contributed by atoms with Crippen molar-refractivity contribution in [3.63, 3.8) is 0 Å². The third-order valence-electron chi connectivity index (χ3n) is 3.89. The summed E-state index contributed by atoms with van der Waals surface area (Å²) >= 11 is 6.17. The molecule has 8 heteroatoms. The van der Waals surface area contributed by atoms with Crippen molar-refractivity contribution < 1.29 is 18.8 Å². The summed E-state index contributed by atoms with van der Waals surface area (Å²) in [5.74, 6) is -0.950. The van der Waals surface area contributed by atoms with Crippen molar-refractivity contribution in [2.45, 2.75) is 6.92 Å². The summed E-state index contributed by atoms with van der Waals surface area (Å²) in [6, 6.07) is 16.5. The van der Waals surface area contributed by atoms with E-state index in [0.717, 1.165) is 0 Å². The van der Waals surface area contributed by atoms with Gasteiger partial charge in [-0.3, -0.25) is 14.4 Å². The first-order valence-corrected chi connectivity index (χ1v) is 9.30. The van der Waals surface area contributed by atoms with Crippen LogP contribution in [0.25, 0.3) is 6.08 Å². The number of halogens is 1. The number of furan rings is 1. The number of carbonyl (C=O) groups is 3. The van der Waals surface area contributed by atoms with E-state index in [1.54, 1.807) is 54.6 Å². The van der Waals surface area contributed by atoms with E-state index in [1.165, 1.54) is 25.3 Å². The molecule has 0 saturated carbocycles. The van der Waals surface area contributed by atoms with Crippen molar-refractivity contribution in [3.8, 4) is 0 Å². The SMILES string of the molecule is CC(=O)Nc1ccc(Cl)c(NC(=O)C(=Cc2ccco2)NC(=O)c2ccccc2)c1. The van der Waals surface area contributed by atoms with Crippen LogP contribution in [0.3, 0.4) is 0 Å². The Balaban J connectivity index is 1.86. The highest BCUT2D eigenvalue weighted by molar-refractivity contribution is 6.34. The van der Waals surface area contributed by atoms with Gasteiger partial charge in [-0.2, -0.15) is 0 Å². The molecule has 0 radical (unpaired) electrons. The minimum atomic E-state index is -0.613. The van der Waals surface area contributed by atoms with Gasteiger partial charge in [0.25, 0.3) is 11.8 Å². The first-order chi connectivity index (χ1) is 14.4. The normalized spacial score (nSPS) is 10.9. The number of hydrogen-bond donors (Lipinski definition) is 3. The molecule has 1 heterocycles. The van der Waals surface area contributed by atoms with E-state index < -0.39 is 11.8 Å². The van der Waals surface area contributed by atoms with E-state index in [0.29, 0.717) is 17.0 Å². The molecule has 30 heavy (non-hydrogen) atoms. The predicted molar refractivity (Wildman–Crippen MR) is 115 cm³/mol. The Morgan fingerprint density at radius 3 is 2.40 bits per heavy atom. The summed E-state index contributed by atoms with van der Waals surface area (Å²) in [6.07, 6.45) is 2.86. The molecule has 3 amide bonds. The largest absolute Gasteiger partial charge is 0.465 e. The standard InChI is InChI=1S/C22H18ClN3O4/c1-14(27)24-16-9-10-18(23)19(12-16)25-22(29)20(13-17-8-5-11-30-17)26-21(28)15-6-3-2-4-7-15/h2-13H,1H3,(H,24,27)(H,25,29)(H,26,28). The van der Waals surface area contributed by atoms with Crippen molar-refractivity contribution in [1.82, 2.24) is 5.32 Å². The van der Waals surface area contributed by atoms with E-state index in [9.17, 15) is 14.4 Å². The predicted octanol–water partition coefficient (Wildman–Crippen LogP) is 4.30. The lowest BCUT2D eigenvalue weighted by Crippen LogP contribution is -2.30. The van der Waals surface area contributed by atoms with Crippen LogP contribution in [0.1, 0.15) is 23.0 Å². The molecular weight excluding hydrogens is 406 g/mol. The maximum Gasteiger partial charge on any atom is 0.272 e. The van der Waals surface area contributed by atoms with Gasteiger partial charge >= 0.3 is 0 Å². The smallest absolute Gasteiger partial charge is 0.272 e. The molecule has 0 fully saturated rings. The van der Waals surface area contributed by atoms with Crippen molar-refractivity contribution in [3.05, 3.63) is 89.0 Å². The number of anilines is 2. The second-order valence-electron chi connectivity index (χ2n) is 6.22. The van der Waals surface area contributed by atoms with Crippen LogP contribution in [0.5, 0.6) is 0 Å². The third kappa shape index (κ3) is 5.59. The molecule has 0 spiro atoms. The van der Waals surface area contributed by atoms with Gasteiger partial charge < -0.3 is 20.4 Å². The minimum absolute atomic E-state index is 0.0419. The summed E-state index contributed by atoms with van der Waals surface area (Å²) in [7, 11) is 0. The molecule has 0 bridgehead atoms. The lowest BCUT2D eigenvalue weighted by atomic mass is 10.2. The van der Waals surface area contributed by atoms with Crippen LogP contribution in [-0.2, 0) is 9.59 Å². The van der Waals surface area contributed by atoms with Gasteiger partial charge in [0.05, 0.1) is 17.0 Å². The average Bonchev–Trinajstić information content (AvgIpc) is 3.23. The third-order valence-corrected chi connectivity index (χ3v) is 4.22. The lowest BCUT2D eigenvalue weighted by molar-refractivity contribution is -0.114. The summed E-state index contributed by atoms with van der Waals surface area (Å²) in [5.41, 5.74) is 1.08. The molecule has 3 rings (SSSR count). The molecule has 3 N–H and O–H groups in total. The molecule has 0 unspecified atom stereocenters. The van der Waals surface area contributed by atoms with E-state index in [-0.39, 0.29) is 22.3 Å². The molecule has 0 aliphatic heterocycles. The van der Waals surface area contributed by atoms with E-state index in [2.05, 4.69) is 16.0 Å². The zero-order chi connectivity index (χ0) is 21.5. The molecule has 152 valence electrons. The fourth-order valence-corrected chi connectivity index (χ4v) is 2.71. The molecule has 0 saturated heterocycles. The van der Waals surface area contributed by atoms with E-state index >= 15 is 0 Å². The van der Waals surface area contributed by atoms with Gasteiger partial charge in [-0.25, -0.2) is 0 Å². The molecular formula is C22H18ClN3O4. The molecule has 0 atom stereocenters. The highest BCUT2D eigenvalue weighted by Gasteiger charge is 2.17. The van der Waals surface area contributed by atoms with Gasteiger partial charge in [-0.1, -0.05) is 29.8 Å². The molecule has 0 aliphatic rings. The minimum Gasteiger partial charge on any atom is -0.465 e. The Morgan fingerprint density at radius 2 is 1.73 bits per heavy atom. The van der Waals surface area contributed by atoms with Crippen LogP contribution < -0.4 is 16.0 Å².